The second-order valence-corrected chi connectivity index (χ2v) is 5.82. The van der Waals surface area contributed by atoms with E-state index in [0.717, 1.165) is 35.8 Å². The van der Waals surface area contributed by atoms with E-state index in [0.29, 0.717) is 18.8 Å². The molecule has 0 N–H and O–H groups in total. The fourth-order valence-electron chi connectivity index (χ4n) is 3.01. The smallest absolute Gasteiger partial charge is 0.180 e. The molecule has 1 aliphatic heterocycles. The summed E-state index contributed by atoms with van der Waals surface area (Å²) in [7, 11) is 0. The minimum absolute atomic E-state index is 0.0568. The van der Waals surface area contributed by atoms with Crippen molar-refractivity contribution in [3.05, 3.63) is 48.4 Å². The fraction of sp³-hybridized carbons (Fsp3) is 0.278. The summed E-state index contributed by atoms with van der Waals surface area (Å²) in [6.07, 6.45) is 5.53. The first-order valence-corrected chi connectivity index (χ1v) is 8.00. The lowest BCUT2D eigenvalue weighted by Crippen LogP contribution is -2.37. The van der Waals surface area contributed by atoms with Gasteiger partial charge in [-0.25, -0.2) is 9.97 Å². The maximum atomic E-state index is 11.6. The molecule has 0 aliphatic carbocycles. The van der Waals surface area contributed by atoms with Gasteiger partial charge in [0.15, 0.2) is 17.2 Å². The Morgan fingerprint density at radius 3 is 2.83 bits per heavy atom. The highest BCUT2D eigenvalue weighted by Crippen LogP contribution is 2.26. The number of rotatable bonds is 3. The molecule has 4 rings (SSSR count). The van der Waals surface area contributed by atoms with Crippen molar-refractivity contribution in [1.29, 1.82) is 0 Å². The Labute approximate surface area is 139 Å². The van der Waals surface area contributed by atoms with Crippen LogP contribution in [0.2, 0.25) is 0 Å². The number of fused-ring (bicyclic) bond motifs is 1. The average Bonchev–Trinajstić information content (AvgIpc) is 3.06. The molecule has 24 heavy (non-hydrogen) atoms. The van der Waals surface area contributed by atoms with Gasteiger partial charge in [0.25, 0.3) is 0 Å². The normalized spacial score (nSPS) is 15.0. The summed E-state index contributed by atoms with van der Waals surface area (Å²) in [5.41, 5.74) is 3.44. The molecular weight excluding hydrogens is 304 g/mol. The van der Waals surface area contributed by atoms with Crippen LogP contribution in [0, 0.1) is 0 Å². The number of nitrogens with zero attached hydrogens (tertiary/aromatic N) is 4. The number of imidazole rings is 1. The first-order chi connectivity index (χ1) is 11.7. The number of hydrogen-bond acceptors (Lipinski definition) is 5. The molecule has 0 amide bonds. The molecule has 3 heterocycles. The Hall–Kier alpha value is -2.73. The van der Waals surface area contributed by atoms with E-state index in [1.54, 1.807) is 13.1 Å². The third kappa shape index (κ3) is 2.55. The van der Waals surface area contributed by atoms with Gasteiger partial charge in [0.1, 0.15) is 0 Å². The molecule has 0 bridgehead atoms. The second-order valence-electron chi connectivity index (χ2n) is 5.82. The van der Waals surface area contributed by atoms with E-state index < -0.39 is 0 Å². The molecule has 0 atom stereocenters. The van der Waals surface area contributed by atoms with Crippen LogP contribution in [0.3, 0.4) is 0 Å². The topological polar surface area (TPSA) is 59.7 Å². The maximum absolute atomic E-state index is 11.6. The lowest BCUT2D eigenvalue weighted by atomic mass is 10.1. The first kappa shape index (κ1) is 14.8. The number of hydrogen-bond donors (Lipinski definition) is 0. The van der Waals surface area contributed by atoms with E-state index in [1.165, 1.54) is 0 Å². The van der Waals surface area contributed by atoms with Gasteiger partial charge in [-0.3, -0.25) is 9.20 Å². The van der Waals surface area contributed by atoms with Gasteiger partial charge in [-0.1, -0.05) is 18.2 Å². The average molecular weight is 322 g/mol. The van der Waals surface area contributed by atoms with Crippen LogP contribution in [-0.4, -0.2) is 46.5 Å². The van der Waals surface area contributed by atoms with Crippen molar-refractivity contribution in [3.8, 4) is 11.3 Å². The Morgan fingerprint density at radius 1 is 1.21 bits per heavy atom. The lowest BCUT2D eigenvalue weighted by Gasteiger charge is -2.27. The van der Waals surface area contributed by atoms with Crippen LogP contribution in [0.15, 0.2) is 42.9 Å². The highest BCUT2D eigenvalue weighted by atomic mass is 16.5. The Bertz CT molecular complexity index is 897. The van der Waals surface area contributed by atoms with Crippen molar-refractivity contribution in [3.63, 3.8) is 0 Å². The van der Waals surface area contributed by atoms with Crippen LogP contribution in [0.1, 0.15) is 17.3 Å². The minimum atomic E-state index is 0.0568. The molecule has 0 saturated carbocycles. The Balaban J connectivity index is 1.81. The summed E-state index contributed by atoms with van der Waals surface area (Å²) in [6, 6.07) is 7.62. The van der Waals surface area contributed by atoms with E-state index in [-0.39, 0.29) is 5.78 Å². The van der Waals surface area contributed by atoms with Crippen LogP contribution >= 0.6 is 0 Å². The Kier molecular flexibility index (Phi) is 3.74. The summed E-state index contributed by atoms with van der Waals surface area (Å²) in [4.78, 5) is 22.9. The first-order valence-electron chi connectivity index (χ1n) is 8.00. The predicted molar refractivity (Wildman–Crippen MR) is 91.5 cm³/mol. The third-order valence-electron chi connectivity index (χ3n) is 4.28. The van der Waals surface area contributed by atoms with Gasteiger partial charge in [-0.2, -0.15) is 0 Å². The van der Waals surface area contributed by atoms with Crippen molar-refractivity contribution in [2.45, 2.75) is 6.92 Å². The van der Waals surface area contributed by atoms with Gasteiger partial charge in [-0.15, -0.1) is 0 Å². The van der Waals surface area contributed by atoms with Crippen LogP contribution in [0.25, 0.3) is 16.9 Å². The predicted octanol–water partition coefficient (Wildman–Crippen LogP) is 2.44. The third-order valence-corrected chi connectivity index (χ3v) is 4.28. The van der Waals surface area contributed by atoms with Gasteiger partial charge in [0.05, 0.1) is 25.1 Å². The molecule has 0 unspecified atom stereocenters. The number of morpholine rings is 1. The van der Waals surface area contributed by atoms with Gasteiger partial charge < -0.3 is 9.64 Å². The number of anilines is 1. The molecule has 1 saturated heterocycles. The lowest BCUT2D eigenvalue weighted by molar-refractivity contribution is 0.101. The number of ketones is 1. The highest BCUT2D eigenvalue weighted by molar-refractivity contribution is 5.95. The van der Waals surface area contributed by atoms with Crippen molar-refractivity contribution in [2.24, 2.45) is 0 Å². The van der Waals surface area contributed by atoms with E-state index in [9.17, 15) is 4.79 Å². The zero-order valence-electron chi connectivity index (χ0n) is 13.5. The molecule has 122 valence electrons. The summed E-state index contributed by atoms with van der Waals surface area (Å²) >= 11 is 0. The number of aromatic nitrogens is 3. The monoisotopic (exact) mass is 322 g/mol. The molecule has 0 spiro atoms. The standard InChI is InChI=1S/C18H18N4O2/c1-13(23)14-3-2-4-15(11-14)16-12-20-18-17(19-5-6-22(16)18)21-7-9-24-10-8-21/h2-6,11-12H,7-10H2,1H3. The van der Waals surface area contributed by atoms with Crippen molar-refractivity contribution < 1.29 is 9.53 Å². The molecule has 6 nitrogen and oxygen atoms in total. The summed E-state index contributed by atoms with van der Waals surface area (Å²) in [6.45, 7) is 4.62. The highest BCUT2D eigenvalue weighted by Gasteiger charge is 2.18. The second kappa shape index (κ2) is 6.05. The van der Waals surface area contributed by atoms with E-state index in [4.69, 9.17) is 4.74 Å². The van der Waals surface area contributed by atoms with E-state index in [2.05, 4.69) is 14.9 Å². The van der Waals surface area contributed by atoms with Crippen molar-refractivity contribution in [2.75, 3.05) is 31.2 Å². The molecule has 6 heteroatoms. The quantitative estimate of drug-likeness (QED) is 0.693. The zero-order chi connectivity index (χ0) is 16.5. The SMILES string of the molecule is CC(=O)c1cccc(-c2cnc3c(N4CCOCC4)nccn23)c1. The van der Waals surface area contributed by atoms with Gasteiger partial charge >= 0.3 is 0 Å². The number of Topliss-reactive ketones (excluding diaryl/α,β-unsaturated/α-hetero) is 1. The van der Waals surface area contributed by atoms with Crippen molar-refractivity contribution >= 4 is 17.2 Å². The molecule has 2 aromatic heterocycles. The van der Waals surface area contributed by atoms with Gasteiger partial charge in [0.2, 0.25) is 0 Å². The number of carbonyl (C=O) groups is 1. The maximum Gasteiger partial charge on any atom is 0.180 e. The summed E-state index contributed by atoms with van der Waals surface area (Å²) in [5.74, 6) is 0.927. The van der Waals surface area contributed by atoms with Crippen LogP contribution in [0.5, 0.6) is 0 Å². The van der Waals surface area contributed by atoms with E-state index >= 15 is 0 Å². The molecule has 1 aliphatic rings. The van der Waals surface area contributed by atoms with Gasteiger partial charge in [-0.05, 0) is 13.0 Å². The molecule has 0 radical (unpaired) electrons. The zero-order valence-corrected chi connectivity index (χ0v) is 13.5. The van der Waals surface area contributed by atoms with Gasteiger partial charge in [0, 0.05) is 36.6 Å². The number of ether oxygens (including phenoxy) is 1. The van der Waals surface area contributed by atoms with Crippen LogP contribution < -0.4 is 4.90 Å². The van der Waals surface area contributed by atoms with E-state index in [1.807, 2.05) is 41.1 Å². The minimum Gasteiger partial charge on any atom is -0.378 e. The molecular formula is C18H18N4O2. The fourth-order valence-corrected chi connectivity index (χ4v) is 3.01. The largest absolute Gasteiger partial charge is 0.378 e. The van der Waals surface area contributed by atoms with Crippen LogP contribution in [0.4, 0.5) is 5.82 Å². The van der Waals surface area contributed by atoms with Crippen molar-refractivity contribution in [1.82, 2.24) is 14.4 Å². The van der Waals surface area contributed by atoms with Crippen LogP contribution in [-0.2, 0) is 4.74 Å². The molecule has 1 fully saturated rings. The molecule has 3 aromatic rings. The summed E-state index contributed by atoms with van der Waals surface area (Å²) in [5, 5.41) is 0. The number of carbonyl (C=O) groups excluding carboxylic acids is 1. The molecule has 1 aromatic carbocycles. The summed E-state index contributed by atoms with van der Waals surface area (Å²) < 4.78 is 7.44. The number of benzene rings is 1. The Morgan fingerprint density at radius 2 is 2.04 bits per heavy atom.